The minimum atomic E-state index is -3.31. The molecule has 126 valence electrons. The average molecular weight is 427 g/mol. The first-order valence-corrected chi connectivity index (χ1v) is 10.6. The number of aromatic nitrogens is 4. The van der Waals surface area contributed by atoms with E-state index in [0.29, 0.717) is 21.6 Å². The van der Waals surface area contributed by atoms with Gasteiger partial charge in [-0.2, -0.15) is 4.98 Å². The van der Waals surface area contributed by atoms with Gasteiger partial charge in [-0.25, -0.2) is 17.9 Å². The van der Waals surface area contributed by atoms with E-state index in [4.69, 9.17) is 0 Å². The first-order valence-electron chi connectivity index (χ1n) is 7.17. The Morgan fingerprint density at radius 2 is 1.88 bits per heavy atom. The van der Waals surface area contributed by atoms with E-state index in [0.717, 1.165) is 15.9 Å². The van der Waals surface area contributed by atoms with Gasteiger partial charge in [-0.15, -0.1) is 5.10 Å². The molecule has 0 bridgehead atoms. The number of halogens is 1. The molecule has 9 heteroatoms. The van der Waals surface area contributed by atoms with Crippen molar-refractivity contribution in [2.75, 3.05) is 11.5 Å². The van der Waals surface area contributed by atoms with Crippen LogP contribution in [0, 0.1) is 13.8 Å². The van der Waals surface area contributed by atoms with Crippen LogP contribution in [0.25, 0.3) is 5.78 Å². The highest BCUT2D eigenvalue weighted by Gasteiger charge is 2.15. The molecule has 0 unspecified atom stereocenters. The Morgan fingerprint density at radius 3 is 2.58 bits per heavy atom. The second-order valence-corrected chi connectivity index (χ2v) is 9.35. The zero-order valence-electron chi connectivity index (χ0n) is 13.1. The Labute approximate surface area is 152 Å². The lowest BCUT2D eigenvalue weighted by molar-refractivity contribution is 0.597. The predicted molar refractivity (Wildman–Crippen MR) is 97.2 cm³/mol. The number of aryl methyl sites for hydroxylation is 2. The van der Waals surface area contributed by atoms with Gasteiger partial charge in [0.2, 0.25) is 5.16 Å². The topological polar surface area (TPSA) is 77.2 Å². The zero-order chi connectivity index (χ0) is 17.3. The second kappa shape index (κ2) is 6.81. The van der Waals surface area contributed by atoms with Crippen LogP contribution in [0.3, 0.4) is 0 Å². The summed E-state index contributed by atoms with van der Waals surface area (Å²) in [6.45, 7) is 3.84. The Hall–Kier alpha value is -1.45. The normalized spacial score (nSPS) is 12.0. The third kappa shape index (κ3) is 3.79. The van der Waals surface area contributed by atoms with Crippen molar-refractivity contribution >= 4 is 43.3 Å². The van der Waals surface area contributed by atoms with Gasteiger partial charge < -0.3 is 0 Å². The van der Waals surface area contributed by atoms with Gasteiger partial charge in [-0.05, 0) is 44.2 Å². The smallest absolute Gasteiger partial charge is 0.224 e. The summed E-state index contributed by atoms with van der Waals surface area (Å²) in [6.07, 6.45) is 0. The number of fused-ring (bicyclic) bond motifs is 1. The monoisotopic (exact) mass is 426 g/mol. The maximum atomic E-state index is 12.3. The van der Waals surface area contributed by atoms with E-state index in [9.17, 15) is 8.42 Å². The summed E-state index contributed by atoms with van der Waals surface area (Å²) in [6, 6.07) is 8.57. The lowest BCUT2D eigenvalue weighted by Crippen LogP contribution is -2.08. The number of hydrogen-bond acceptors (Lipinski definition) is 6. The fraction of sp³-hybridized carbons (Fsp3) is 0.267. The van der Waals surface area contributed by atoms with Crippen LogP contribution in [0.15, 0.2) is 44.9 Å². The maximum Gasteiger partial charge on any atom is 0.253 e. The molecular weight excluding hydrogens is 412 g/mol. The van der Waals surface area contributed by atoms with Crippen LogP contribution in [0.2, 0.25) is 0 Å². The molecule has 0 saturated carbocycles. The fourth-order valence-corrected chi connectivity index (χ4v) is 4.94. The zero-order valence-corrected chi connectivity index (χ0v) is 16.3. The molecule has 0 spiro atoms. The van der Waals surface area contributed by atoms with Gasteiger partial charge >= 0.3 is 0 Å². The molecule has 0 radical (unpaired) electrons. The van der Waals surface area contributed by atoms with Crippen LogP contribution in [0.4, 0.5) is 0 Å². The Balaban J connectivity index is 1.70. The Kier molecular flexibility index (Phi) is 4.93. The molecule has 0 atom stereocenters. The average Bonchev–Trinajstić information content (AvgIpc) is 2.90. The highest BCUT2D eigenvalue weighted by Crippen LogP contribution is 2.19. The largest absolute Gasteiger partial charge is 0.253 e. The predicted octanol–water partition coefficient (Wildman–Crippen LogP) is 3.07. The summed E-state index contributed by atoms with van der Waals surface area (Å²) in [5.74, 6) is 0.943. The Morgan fingerprint density at radius 1 is 1.17 bits per heavy atom. The molecule has 0 aliphatic heterocycles. The molecule has 0 N–H and O–H groups in total. The molecule has 0 fully saturated rings. The van der Waals surface area contributed by atoms with Crippen molar-refractivity contribution in [3.63, 3.8) is 0 Å². The number of thioether (sulfide) groups is 1. The van der Waals surface area contributed by atoms with E-state index < -0.39 is 9.84 Å². The van der Waals surface area contributed by atoms with Crippen LogP contribution < -0.4 is 0 Å². The summed E-state index contributed by atoms with van der Waals surface area (Å²) in [7, 11) is -3.31. The van der Waals surface area contributed by atoms with E-state index in [1.54, 1.807) is 28.8 Å². The van der Waals surface area contributed by atoms with Crippen LogP contribution in [0.5, 0.6) is 0 Å². The first-order chi connectivity index (χ1) is 11.3. The minimum absolute atomic E-state index is 0.0281. The van der Waals surface area contributed by atoms with Crippen molar-refractivity contribution in [1.29, 1.82) is 0 Å². The number of hydrogen-bond donors (Lipinski definition) is 0. The SMILES string of the molecule is Cc1cc(C)n2nc(SCCS(=O)(=O)c3ccc(Br)cc3)nc2n1. The number of benzene rings is 1. The van der Waals surface area contributed by atoms with Crippen molar-refractivity contribution in [3.05, 3.63) is 46.2 Å². The molecule has 0 saturated heterocycles. The van der Waals surface area contributed by atoms with Crippen molar-refractivity contribution in [2.45, 2.75) is 23.9 Å². The van der Waals surface area contributed by atoms with E-state index in [1.165, 1.54) is 11.8 Å². The van der Waals surface area contributed by atoms with E-state index >= 15 is 0 Å². The maximum absolute atomic E-state index is 12.3. The van der Waals surface area contributed by atoms with Crippen LogP contribution in [0.1, 0.15) is 11.4 Å². The third-order valence-electron chi connectivity index (χ3n) is 3.35. The molecule has 6 nitrogen and oxygen atoms in total. The number of rotatable bonds is 5. The first kappa shape index (κ1) is 17.4. The van der Waals surface area contributed by atoms with E-state index in [1.807, 2.05) is 19.9 Å². The molecular formula is C15H15BrN4O2S2. The van der Waals surface area contributed by atoms with Crippen molar-refractivity contribution < 1.29 is 8.42 Å². The van der Waals surface area contributed by atoms with Crippen molar-refractivity contribution in [1.82, 2.24) is 19.6 Å². The van der Waals surface area contributed by atoms with Crippen molar-refractivity contribution in [2.24, 2.45) is 0 Å². The summed E-state index contributed by atoms with van der Waals surface area (Å²) < 4.78 is 27.2. The lowest BCUT2D eigenvalue weighted by atomic mass is 10.4. The van der Waals surface area contributed by atoms with E-state index in [2.05, 4.69) is 31.0 Å². The van der Waals surface area contributed by atoms with Gasteiger partial charge in [0.15, 0.2) is 9.84 Å². The molecule has 2 aromatic heterocycles. The molecule has 0 aliphatic rings. The van der Waals surface area contributed by atoms with Gasteiger partial charge in [-0.3, -0.25) is 0 Å². The molecule has 3 rings (SSSR count). The van der Waals surface area contributed by atoms with E-state index in [-0.39, 0.29) is 5.75 Å². The summed E-state index contributed by atoms with van der Waals surface area (Å²) in [4.78, 5) is 8.99. The van der Waals surface area contributed by atoms with Crippen LogP contribution in [-0.4, -0.2) is 39.5 Å². The quantitative estimate of drug-likeness (QED) is 0.583. The lowest BCUT2D eigenvalue weighted by Gasteiger charge is -2.03. The third-order valence-corrected chi connectivity index (χ3v) is 6.71. The number of nitrogens with zero attached hydrogens (tertiary/aromatic N) is 4. The summed E-state index contributed by atoms with van der Waals surface area (Å²) in [5, 5.41) is 4.89. The van der Waals surface area contributed by atoms with Gasteiger partial charge in [0.1, 0.15) is 0 Å². The Bertz CT molecular complexity index is 985. The van der Waals surface area contributed by atoms with Gasteiger partial charge in [0, 0.05) is 21.6 Å². The second-order valence-electron chi connectivity index (χ2n) is 5.27. The molecule has 3 aromatic rings. The molecule has 2 heterocycles. The van der Waals surface area contributed by atoms with Crippen molar-refractivity contribution in [3.8, 4) is 0 Å². The van der Waals surface area contributed by atoms with Gasteiger partial charge in [0.25, 0.3) is 5.78 Å². The minimum Gasteiger partial charge on any atom is -0.224 e. The molecule has 0 aliphatic carbocycles. The van der Waals surface area contributed by atoms with Gasteiger partial charge in [-0.1, -0.05) is 27.7 Å². The number of sulfone groups is 1. The molecule has 0 amide bonds. The summed E-state index contributed by atoms with van der Waals surface area (Å²) >= 11 is 4.61. The fourth-order valence-electron chi connectivity index (χ4n) is 2.21. The molecule has 1 aromatic carbocycles. The highest BCUT2D eigenvalue weighted by atomic mass is 79.9. The summed E-state index contributed by atoms with van der Waals surface area (Å²) in [5.41, 5.74) is 1.82. The standard InChI is InChI=1S/C15H15BrN4O2S2/c1-10-9-11(2)20-14(17-10)18-15(19-20)23-7-8-24(21,22)13-5-3-12(16)4-6-13/h3-6,9H,7-8H2,1-2H3. The van der Waals surface area contributed by atoms with Gasteiger partial charge in [0.05, 0.1) is 10.6 Å². The molecule has 24 heavy (non-hydrogen) atoms. The van der Waals surface area contributed by atoms with Crippen LogP contribution in [-0.2, 0) is 9.84 Å². The highest BCUT2D eigenvalue weighted by molar-refractivity contribution is 9.10. The van der Waals surface area contributed by atoms with Crippen LogP contribution >= 0.6 is 27.7 Å².